The molecule has 2 fully saturated rings. The van der Waals surface area contributed by atoms with Crippen molar-refractivity contribution in [1.82, 2.24) is 4.90 Å². The number of nitrogens with zero attached hydrogens (tertiary/aromatic N) is 1. The van der Waals surface area contributed by atoms with E-state index in [9.17, 15) is 4.79 Å². The van der Waals surface area contributed by atoms with Gasteiger partial charge in [-0.2, -0.15) is 0 Å². The summed E-state index contributed by atoms with van der Waals surface area (Å²) in [5.41, 5.74) is 7.38. The van der Waals surface area contributed by atoms with Gasteiger partial charge in [0, 0.05) is 35.6 Å². The van der Waals surface area contributed by atoms with Gasteiger partial charge in [0.15, 0.2) is 0 Å². The molecule has 0 heterocycles. The average Bonchev–Trinajstić information content (AvgIpc) is 2.54. The predicted molar refractivity (Wildman–Crippen MR) is 98.7 cm³/mol. The van der Waals surface area contributed by atoms with Gasteiger partial charge in [0.1, 0.15) is 5.75 Å². The quantitative estimate of drug-likeness (QED) is 0.848. The summed E-state index contributed by atoms with van der Waals surface area (Å²) in [6.07, 6.45) is 5.55. The number of halogens is 1. The molecule has 2 bridgehead atoms. The predicted octanol–water partition coefficient (Wildman–Crippen LogP) is 3.57. The molecule has 0 aromatic heterocycles. The summed E-state index contributed by atoms with van der Waals surface area (Å²) >= 11 is 3.50. The van der Waals surface area contributed by atoms with Crippen LogP contribution in [0.1, 0.15) is 37.7 Å². The van der Waals surface area contributed by atoms with Gasteiger partial charge in [-0.25, -0.2) is 0 Å². The molecule has 1 amide bonds. The number of nitrogens with two attached hydrogens (primary N) is 1. The molecule has 24 heavy (non-hydrogen) atoms. The molecule has 132 valence electrons. The number of benzene rings is 1. The van der Waals surface area contributed by atoms with E-state index in [1.54, 1.807) is 7.11 Å². The van der Waals surface area contributed by atoms with E-state index in [2.05, 4.69) is 15.9 Å². The first-order valence-electron chi connectivity index (χ1n) is 8.82. The molecular formula is C19H27BrN2O2. The maximum absolute atomic E-state index is 13.0. The maximum atomic E-state index is 13.0. The van der Waals surface area contributed by atoms with Crippen molar-refractivity contribution in [1.29, 1.82) is 0 Å². The van der Waals surface area contributed by atoms with E-state index in [1.165, 1.54) is 19.3 Å². The van der Waals surface area contributed by atoms with Crippen molar-refractivity contribution in [3.63, 3.8) is 0 Å². The summed E-state index contributed by atoms with van der Waals surface area (Å²) in [5.74, 6) is 2.25. The topological polar surface area (TPSA) is 55.6 Å². The summed E-state index contributed by atoms with van der Waals surface area (Å²) < 4.78 is 6.42. The van der Waals surface area contributed by atoms with Gasteiger partial charge in [-0.15, -0.1) is 0 Å². The van der Waals surface area contributed by atoms with Crippen LogP contribution in [-0.2, 0) is 11.3 Å². The van der Waals surface area contributed by atoms with E-state index in [0.717, 1.165) is 28.6 Å². The number of carbonyl (C=O) groups is 1. The standard InChI is InChI=1S/C19H27BrN2O2/c1-22(11-15-10-16(20)6-7-17(15)24-2)19(23)14-8-12-4-3-5-13(9-14)18(12)21/h6-7,10,12-14,18H,3-5,8-9,11,21H2,1-2H3. The molecule has 4 nitrogen and oxygen atoms in total. The van der Waals surface area contributed by atoms with Crippen molar-refractivity contribution in [3.05, 3.63) is 28.2 Å². The zero-order valence-corrected chi connectivity index (χ0v) is 16.1. The minimum Gasteiger partial charge on any atom is -0.496 e. The van der Waals surface area contributed by atoms with Gasteiger partial charge in [0.25, 0.3) is 0 Å². The Hall–Kier alpha value is -1.07. The summed E-state index contributed by atoms with van der Waals surface area (Å²) in [6.45, 7) is 0.569. The molecule has 1 aromatic carbocycles. The molecule has 5 heteroatoms. The van der Waals surface area contributed by atoms with Crippen LogP contribution in [0.4, 0.5) is 0 Å². The fraction of sp³-hybridized carbons (Fsp3) is 0.632. The summed E-state index contributed by atoms with van der Waals surface area (Å²) in [6, 6.07) is 6.21. The smallest absolute Gasteiger partial charge is 0.225 e. The number of hydrogen-bond acceptors (Lipinski definition) is 3. The van der Waals surface area contributed by atoms with Crippen molar-refractivity contribution >= 4 is 21.8 Å². The normalized spacial score (nSPS) is 29.2. The van der Waals surface area contributed by atoms with Crippen LogP contribution in [0.2, 0.25) is 0 Å². The first-order chi connectivity index (χ1) is 11.5. The molecule has 2 aliphatic rings. The van der Waals surface area contributed by atoms with Gasteiger partial charge in [-0.1, -0.05) is 22.4 Å². The van der Waals surface area contributed by atoms with Crippen molar-refractivity contribution in [2.75, 3.05) is 14.2 Å². The van der Waals surface area contributed by atoms with Gasteiger partial charge < -0.3 is 15.4 Å². The van der Waals surface area contributed by atoms with Crippen molar-refractivity contribution in [2.24, 2.45) is 23.5 Å². The molecule has 2 aliphatic carbocycles. The van der Waals surface area contributed by atoms with E-state index in [-0.39, 0.29) is 11.8 Å². The molecule has 2 N–H and O–H groups in total. The van der Waals surface area contributed by atoms with E-state index in [1.807, 2.05) is 30.1 Å². The highest BCUT2D eigenvalue weighted by Crippen LogP contribution is 2.42. The zero-order valence-electron chi connectivity index (χ0n) is 14.5. The Kier molecular flexibility index (Phi) is 5.50. The third-order valence-corrected chi connectivity index (χ3v) is 6.28. The monoisotopic (exact) mass is 394 g/mol. The van der Waals surface area contributed by atoms with Crippen LogP contribution in [0.25, 0.3) is 0 Å². The van der Waals surface area contributed by atoms with Gasteiger partial charge in [-0.3, -0.25) is 4.79 Å². The highest BCUT2D eigenvalue weighted by molar-refractivity contribution is 9.10. The summed E-state index contributed by atoms with van der Waals surface area (Å²) in [7, 11) is 3.56. The van der Waals surface area contributed by atoms with Crippen LogP contribution in [0.15, 0.2) is 22.7 Å². The molecule has 3 rings (SSSR count). The third-order valence-electron chi connectivity index (χ3n) is 5.79. The van der Waals surface area contributed by atoms with Crippen LogP contribution >= 0.6 is 15.9 Å². The molecule has 0 saturated heterocycles. The van der Waals surface area contributed by atoms with Gasteiger partial charge in [0.05, 0.1) is 7.11 Å². The highest BCUT2D eigenvalue weighted by Gasteiger charge is 2.41. The minimum atomic E-state index is 0.128. The lowest BCUT2D eigenvalue weighted by Crippen LogP contribution is -2.49. The van der Waals surface area contributed by atoms with Gasteiger partial charge >= 0.3 is 0 Å². The molecule has 0 radical (unpaired) electrons. The first-order valence-corrected chi connectivity index (χ1v) is 9.62. The zero-order chi connectivity index (χ0) is 17.3. The number of hydrogen-bond donors (Lipinski definition) is 1. The van der Waals surface area contributed by atoms with Crippen molar-refractivity contribution in [2.45, 2.75) is 44.7 Å². The fourth-order valence-corrected chi connectivity index (χ4v) is 4.92. The molecule has 0 aliphatic heterocycles. The van der Waals surface area contributed by atoms with Gasteiger partial charge in [0.2, 0.25) is 5.91 Å². The van der Waals surface area contributed by atoms with Crippen molar-refractivity contribution < 1.29 is 9.53 Å². The second kappa shape index (κ2) is 7.44. The number of methoxy groups -OCH3 is 1. The van der Waals surface area contributed by atoms with Crippen molar-refractivity contribution in [3.8, 4) is 5.75 Å². The number of carbonyl (C=O) groups excluding carboxylic acids is 1. The van der Waals surface area contributed by atoms with Crippen LogP contribution in [-0.4, -0.2) is 31.0 Å². The Morgan fingerprint density at radius 2 is 2.00 bits per heavy atom. The van der Waals surface area contributed by atoms with E-state index in [0.29, 0.717) is 24.4 Å². The van der Waals surface area contributed by atoms with Crippen LogP contribution < -0.4 is 10.5 Å². The van der Waals surface area contributed by atoms with E-state index in [4.69, 9.17) is 10.5 Å². The number of fused-ring (bicyclic) bond motifs is 2. The maximum Gasteiger partial charge on any atom is 0.225 e. The average molecular weight is 395 g/mol. The Labute approximate surface area is 152 Å². The lowest BCUT2D eigenvalue weighted by Gasteiger charge is -2.44. The fourth-order valence-electron chi connectivity index (χ4n) is 4.51. The van der Waals surface area contributed by atoms with E-state index >= 15 is 0 Å². The molecule has 1 aromatic rings. The number of ether oxygens (including phenoxy) is 1. The van der Waals surface area contributed by atoms with E-state index < -0.39 is 0 Å². The van der Waals surface area contributed by atoms with Crippen LogP contribution in [0.3, 0.4) is 0 Å². The molecular weight excluding hydrogens is 368 g/mol. The Balaban J connectivity index is 1.68. The largest absolute Gasteiger partial charge is 0.496 e. The first kappa shape index (κ1) is 17.7. The molecule has 2 saturated carbocycles. The second-order valence-electron chi connectivity index (χ2n) is 7.35. The number of amides is 1. The Morgan fingerprint density at radius 3 is 2.62 bits per heavy atom. The van der Waals surface area contributed by atoms with Crippen LogP contribution in [0.5, 0.6) is 5.75 Å². The minimum absolute atomic E-state index is 0.128. The SMILES string of the molecule is COc1ccc(Br)cc1CN(C)C(=O)C1CC2CCCC(C1)C2N. The number of rotatable bonds is 4. The molecule has 2 unspecified atom stereocenters. The highest BCUT2D eigenvalue weighted by atomic mass is 79.9. The third kappa shape index (κ3) is 3.62. The molecule has 0 spiro atoms. The second-order valence-corrected chi connectivity index (χ2v) is 8.26. The van der Waals surface area contributed by atoms with Crippen LogP contribution in [0, 0.1) is 17.8 Å². The Bertz CT molecular complexity index is 593. The molecule has 2 atom stereocenters. The lowest BCUT2D eigenvalue weighted by atomic mass is 9.65. The van der Waals surface area contributed by atoms with Gasteiger partial charge in [-0.05, 0) is 55.7 Å². The summed E-state index contributed by atoms with van der Waals surface area (Å²) in [4.78, 5) is 14.8. The lowest BCUT2D eigenvalue weighted by molar-refractivity contribution is -0.137. The Morgan fingerprint density at radius 1 is 1.33 bits per heavy atom. The summed E-state index contributed by atoms with van der Waals surface area (Å²) in [5, 5.41) is 0.